The fraction of sp³-hybridized carbons (Fsp3) is 0.857. The Morgan fingerprint density at radius 1 is 1.07 bits per heavy atom. The first-order chi connectivity index (χ1) is 7.09. The molecule has 0 radical (unpaired) electrons. The zero-order chi connectivity index (χ0) is 11.5. The SMILES string of the molecule is CCC1(CC)C=C[C@H](Br)CC1(CC)CC. The predicted octanol–water partition coefficient (Wildman–Crippen LogP) is 5.32. The largest absolute Gasteiger partial charge is 0.0845 e. The molecule has 88 valence electrons. The summed E-state index contributed by atoms with van der Waals surface area (Å²) < 4.78 is 0. The fourth-order valence-corrected chi connectivity index (χ4v) is 4.36. The second-order valence-electron chi connectivity index (χ2n) is 4.93. The van der Waals surface area contributed by atoms with Gasteiger partial charge in [-0.05, 0) is 42.9 Å². The van der Waals surface area contributed by atoms with Crippen LogP contribution in [0.1, 0.15) is 59.8 Å². The van der Waals surface area contributed by atoms with E-state index in [2.05, 4.69) is 55.8 Å². The van der Waals surface area contributed by atoms with Crippen molar-refractivity contribution < 1.29 is 0 Å². The second kappa shape index (κ2) is 5.03. The molecule has 1 rings (SSSR count). The molecule has 1 atom stereocenters. The van der Waals surface area contributed by atoms with Crippen molar-refractivity contribution in [1.29, 1.82) is 0 Å². The van der Waals surface area contributed by atoms with Crippen molar-refractivity contribution in [1.82, 2.24) is 0 Å². The van der Waals surface area contributed by atoms with Crippen LogP contribution in [0.2, 0.25) is 0 Å². The van der Waals surface area contributed by atoms with Crippen molar-refractivity contribution >= 4 is 15.9 Å². The number of allylic oxidation sites excluding steroid dienone is 2. The lowest BCUT2D eigenvalue weighted by molar-refractivity contribution is 0.0441. The maximum Gasteiger partial charge on any atom is 0.0331 e. The van der Waals surface area contributed by atoms with Crippen molar-refractivity contribution in [3.05, 3.63) is 12.2 Å². The van der Waals surface area contributed by atoms with Gasteiger partial charge in [-0.25, -0.2) is 0 Å². The lowest BCUT2D eigenvalue weighted by Crippen LogP contribution is -2.43. The minimum absolute atomic E-state index is 0.445. The monoisotopic (exact) mass is 272 g/mol. The highest BCUT2D eigenvalue weighted by Gasteiger charge is 2.47. The van der Waals surface area contributed by atoms with Crippen molar-refractivity contribution in [2.75, 3.05) is 0 Å². The van der Waals surface area contributed by atoms with Gasteiger partial charge in [0.15, 0.2) is 0 Å². The molecule has 0 unspecified atom stereocenters. The minimum Gasteiger partial charge on any atom is -0.0845 e. The van der Waals surface area contributed by atoms with E-state index in [0.29, 0.717) is 15.7 Å². The molecule has 1 aliphatic rings. The molecule has 0 spiro atoms. The highest BCUT2D eigenvalue weighted by atomic mass is 79.9. The Hall–Kier alpha value is 0.220. The molecule has 0 N–H and O–H groups in total. The van der Waals surface area contributed by atoms with Crippen molar-refractivity contribution in [2.24, 2.45) is 10.8 Å². The van der Waals surface area contributed by atoms with Crippen LogP contribution < -0.4 is 0 Å². The van der Waals surface area contributed by atoms with Gasteiger partial charge in [0.05, 0.1) is 0 Å². The van der Waals surface area contributed by atoms with Gasteiger partial charge in [-0.3, -0.25) is 0 Å². The molecule has 0 aliphatic heterocycles. The van der Waals surface area contributed by atoms with Gasteiger partial charge in [0, 0.05) is 4.83 Å². The summed E-state index contributed by atoms with van der Waals surface area (Å²) >= 11 is 3.77. The molecule has 1 aliphatic carbocycles. The normalized spacial score (nSPS) is 27.9. The summed E-state index contributed by atoms with van der Waals surface area (Å²) in [7, 11) is 0. The Morgan fingerprint density at radius 2 is 1.60 bits per heavy atom. The molecular weight excluding hydrogens is 248 g/mol. The van der Waals surface area contributed by atoms with Crippen LogP contribution in [0.15, 0.2) is 12.2 Å². The molecule has 0 fully saturated rings. The van der Waals surface area contributed by atoms with E-state index >= 15 is 0 Å². The number of hydrogen-bond donors (Lipinski definition) is 0. The summed E-state index contributed by atoms with van der Waals surface area (Å²) in [6.07, 6.45) is 11.3. The summed E-state index contributed by atoms with van der Waals surface area (Å²) in [5.74, 6) is 0. The van der Waals surface area contributed by atoms with Gasteiger partial charge in [0.1, 0.15) is 0 Å². The van der Waals surface area contributed by atoms with E-state index in [1.807, 2.05) is 0 Å². The summed E-state index contributed by atoms with van der Waals surface area (Å²) in [6.45, 7) is 9.43. The van der Waals surface area contributed by atoms with Crippen LogP contribution in [0.4, 0.5) is 0 Å². The topological polar surface area (TPSA) is 0 Å². The highest BCUT2D eigenvalue weighted by Crippen LogP contribution is 2.56. The summed E-state index contributed by atoms with van der Waals surface area (Å²) in [6, 6.07) is 0. The fourth-order valence-electron chi connectivity index (χ4n) is 3.59. The van der Waals surface area contributed by atoms with Gasteiger partial charge in [-0.1, -0.05) is 55.8 Å². The van der Waals surface area contributed by atoms with Gasteiger partial charge in [0.25, 0.3) is 0 Å². The molecule has 0 heterocycles. The average Bonchev–Trinajstić information content (AvgIpc) is 2.29. The Labute approximate surface area is 104 Å². The van der Waals surface area contributed by atoms with E-state index < -0.39 is 0 Å². The van der Waals surface area contributed by atoms with Crippen LogP contribution in [0.5, 0.6) is 0 Å². The van der Waals surface area contributed by atoms with Crippen molar-refractivity contribution in [3.63, 3.8) is 0 Å². The molecule has 0 aromatic rings. The van der Waals surface area contributed by atoms with Crippen LogP contribution in [0.25, 0.3) is 0 Å². The molecule has 0 amide bonds. The molecular formula is C14H25Br. The average molecular weight is 273 g/mol. The van der Waals surface area contributed by atoms with E-state index in [1.165, 1.54) is 32.1 Å². The Bertz CT molecular complexity index is 221. The maximum atomic E-state index is 3.77. The molecule has 0 saturated heterocycles. The second-order valence-corrected chi connectivity index (χ2v) is 6.11. The Kier molecular flexibility index (Phi) is 4.46. The highest BCUT2D eigenvalue weighted by molar-refractivity contribution is 9.09. The quantitative estimate of drug-likeness (QED) is 0.480. The first-order valence-electron chi connectivity index (χ1n) is 6.43. The molecule has 0 aromatic heterocycles. The zero-order valence-corrected chi connectivity index (χ0v) is 12.2. The summed E-state index contributed by atoms with van der Waals surface area (Å²) in [5, 5.41) is 0. The number of halogens is 1. The number of alkyl halides is 1. The van der Waals surface area contributed by atoms with Crippen LogP contribution in [-0.2, 0) is 0 Å². The van der Waals surface area contributed by atoms with E-state index in [9.17, 15) is 0 Å². The van der Waals surface area contributed by atoms with E-state index in [0.717, 1.165) is 0 Å². The van der Waals surface area contributed by atoms with Gasteiger partial charge in [-0.2, -0.15) is 0 Å². The summed E-state index contributed by atoms with van der Waals surface area (Å²) in [4.78, 5) is 0.587. The lowest BCUT2D eigenvalue weighted by Gasteiger charge is -2.52. The Morgan fingerprint density at radius 3 is 2.00 bits per heavy atom. The molecule has 0 bridgehead atoms. The van der Waals surface area contributed by atoms with Crippen LogP contribution in [0, 0.1) is 10.8 Å². The first kappa shape index (κ1) is 13.3. The lowest BCUT2D eigenvalue weighted by atomic mass is 9.54. The van der Waals surface area contributed by atoms with Gasteiger partial charge in [-0.15, -0.1) is 0 Å². The van der Waals surface area contributed by atoms with Crippen LogP contribution in [-0.4, -0.2) is 4.83 Å². The third-order valence-electron chi connectivity index (χ3n) is 4.88. The van der Waals surface area contributed by atoms with Crippen LogP contribution >= 0.6 is 15.9 Å². The summed E-state index contributed by atoms with van der Waals surface area (Å²) in [5.41, 5.74) is 0.959. The van der Waals surface area contributed by atoms with E-state index in [-0.39, 0.29) is 0 Å². The Balaban J connectivity index is 3.13. The number of rotatable bonds is 4. The molecule has 1 heteroatoms. The van der Waals surface area contributed by atoms with Gasteiger partial charge >= 0.3 is 0 Å². The third-order valence-corrected chi connectivity index (χ3v) is 5.51. The number of hydrogen-bond acceptors (Lipinski definition) is 0. The molecule has 0 aromatic carbocycles. The maximum absolute atomic E-state index is 3.77. The standard InChI is InChI=1S/C14H25Br/c1-5-13(6-2)10-9-12(15)11-14(13,7-3)8-4/h9-10,12H,5-8,11H2,1-4H3/t12-/m0/s1. The predicted molar refractivity (Wildman–Crippen MR) is 72.5 cm³/mol. The van der Waals surface area contributed by atoms with Crippen molar-refractivity contribution in [2.45, 2.75) is 64.6 Å². The smallest absolute Gasteiger partial charge is 0.0331 e. The minimum atomic E-state index is 0.445. The molecule has 0 nitrogen and oxygen atoms in total. The third kappa shape index (κ3) is 2.05. The van der Waals surface area contributed by atoms with E-state index in [4.69, 9.17) is 0 Å². The van der Waals surface area contributed by atoms with Crippen LogP contribution in [0.3, 0.4) is 0 Å². The van der Waals surface area contributed by atoms with Gasteiger partial charge < -0.3 is 0 Å². The van der Waals surface area contributed by atoms with E-state index in [1.54, 1.807) is 0 Å². The molecule has 0 saturated carbocycles. The molecule has 15 heavy (non-hydrogen) atoms. The zero-order valence-electron chi connectivity index (χ0n) is 10.6. The first-order valence-corrected chi connectivity index (χ1v) is 7.34. The van der Waals surface area contributed by atoms with Gasteiger partial charge in [0.2, 0.25) is 0 Å². The van der Waals surface area contributed by atoms with Crippen molar-refractivity contribution in [3.8, 4) is 0 Å².